The van der Waals surface area contributed by atoms with Gasteiger partial charge in [0.25, 0.3) is 0 Å². The summed E-state index contributed by atoms with van der Waals surface area (Å²) in [6.45, 7) is 0.984. The van der Waals surface area contributed by atoms with Crippen LogP contribution in [0.5, 0.6) is 0 Å². The topological polar surface area (TPSA) is 58.2 Å². The lowest BCUT2D eigenvalue weighted by Crippen LogP contribution is -2.28. The molecule has 0 aliphatic rings. The number of benzene rings is 1. The van der Waals surface area contributed by atoms with E-state index >= 15 is 0 Å². The van der Waals surface area contributed by atoms with Gasteiger partial charge >= 0.3 is 0 Å². The van der Waals surface area contributed by atoms with E-state index in [9.17, 15) is 14.0 Å². The molecule has 0 aliphatic carbocycles. The van der Waals surface area contributed by atoms with E-state index < -0.39 is 0 Å². The van der Waals surface area contributed by atoms with Crippen LogP contribution in [0.25, 0.3) is 0 Å². The van der Waals surface area contributed by atoms with Gasteiger partial charge in [-0.05, 0) is 18.1 Å². The van der Waals surface area contributed by atoms with Crippen molar-refractivity contribution in [3.05, 3.63) is 35.6 Å². The van der Waals surface area contributed by atoms with Gasteiger partial charge < -0.3 is 10.6 Å². The molecule has 0 radical (unpaired) electrons. The van der Waals surface area contributed by atoms with Crippen LogP contribution in [0.15, 0.2) is 24.3 Å². The van der Waals surface area contributed by atoms with Gasteiger partial charge in [0.1, 0.15) is 5.82 Å². The summed E-state index contributed by atoms with van der Waals surface area (Å²) in [7, 11) is 0. The molecule has 0 fully saturated rings. The molecular formula is C12H15FN2O2. The summed E-state index contributed by atoms with van der Waals surface area (Å²) >= 11 is 0. The lowest BCUT2D eigenvalue weighted by Gasteiger charge is -2.05. The molecule has 2 amide bonds. The van der Waals surface area contributed by atoms with Crippen LogP contribution < -0.4 is 10.6 Å². The number of nitrogens with one attached hydrogen (secondary N) is 2. The molecule has 92 valence electrons. The maximum absolute atomic E-state index is 13.2. The van der Waals surface area contributed by atoms with Crippen LogP contribution in [0, 0.1) is 5.82 Å². The Morgan fingerprint density at radius 1 is 1.29 bits per heavy atom. The quantitative estimate of drug-likeness (QED) is 0.540. The summed E-state index contributed by atoms with van der Waals surface area (Å²) in [5.74, 6) is -0.591. The predicted molar refractivity (Wildman–Crippen MR) is 61.8 cm³/mol. The summed E-state index contributed by atoms with van der Waals surface area (Å²) in [6.07, 6.45) is 1.30. The second-order valence-corrected chi connectivity index (χ2v) is 3.54. The largest absolute Gasteiger partial charge is 0.359 e. The monoisotopic (exact) mass is 238 g/mol. The number of carbonyl (C=O) groups excluding carboxylic acids is 2. The van der Waals surface area contributed by atoms with E-state index in [1.54, 1.807) is 18.2 Å². The van der Waals surface area contributed by atoms with Gasteiger partial charge in [0.05, 0.1) is 6.42 Å². The van der Waals surface area contributed by atoms with Gasteiger partial charge in [-0.3, -0.25) is 9.59 Å². The first kappa shape index (κ1) is 13.2. The van der Waals surface area contributed by atoms with E-state index in [1.807, 2.05) is 0 Å². The normalized spacial score (nSPS) is 9.71. The molecule has 0 spiro atoms. The van der Waals surface area contributed by atoms with Gasteiger partial charge in [-0.25, -0.2) is 4.39 Å². The molecule has 17 heavy (non-hydrogen) atoms. The Morgan fingerprint density at radius 2 is 2.06 bits per heavy atom. The van der Waals surface area contributed by atoms with Crippen molar-refractivity contribution >= 4 is 12.3 Å². The van der Waals surface area contributed by atoms with Crippen molar-refractivity contribution in [3.8, 4) is 0 Å². The summed E-state index contributed by atoms with van der Waals surface area (Å²) in [5, 5.41) is 5.14. The van der Waals surface area contributed by atoms with E-state index in [0.717, 1.165) is 0 Å². The predicted octanol–water partition coefficient (Wildman–Crippen LogP) is 0.620. The number of carbonyl (C=O) groups is 2. The van der Waals surface area contributed by atoms with Crippen molar-refractivity contribution in [1.82, 2.24) is 10.6 Å². The zero-order valence-electron chi connectivity index (χ0n) is 9.41. The van der Waals surface area contributed by atoms with Gasteiger partial charge in [0.2, 0.25) is 12.3 Å². The van der Waals surface area contributed by atoms with Crippen molar-refractivity contribution in [2.75, 3.05) is 13.1 Å². The van der Waals surface area contributed by atoms with Gasteiger partial charge in [0, 0.05) is 13.1 Å². The van der Waals surface area contributed by atoms with Crippen LogP contribution in [-0.4, -0.2) is 25.4 Å². The van der Waals surface area contributed by atoms with Crippen molar-refractivity contribution < 1.29 is 14.0 Å². The molecule has 4 nitrogen and oxygen atoms in total. The first-order valence-electron chi connectivity index (χ1n) is 5.41. The zero-order valence-corrected chi connectivity index (χ0v) is 9.41. The third-order valence-corrected chi connectivity index (χ3v) is 2.21. The highest BCUT2D eigenvalue weighted by molar-refractivity contribution is 5.78. The van der Waals surface area contributed by atoms with Gasteiger partial charge in [0.15, 0.2) is 0 Å². The number of halogens is 1. The molecule has 0 saturated heterocycles. The average molecular weight is 238 g/mol. The summed E-state index contributed by atoms with van der Waals surface area (Å²) < 4.78 is 13.2. The van der Waals surface area contributed by atoms with Crippen LogP contribution in [0.4, 0.5) is 4.39 Å². The Bertz CT molecular complexity index is 383. The number of hydrogen-bond acceptors (Lipinski definition) is 2. The van der Waals surface area contributed by atoms with Crippen molar-refractivity contribution in [2.45, 2.75) is 12.8 Å². The average Bonchev–Trinajstić information content (AvgIpc) is 2.32. The smallest absolute Gasteiger partial charge is 0.224 e. The molecule has 0 heterocycles. The van der Waals surface area contributed by atoms with Gasteiger partial charge in [-0.15, -0.1) is 0 Å². The molecule has 0 saturated carbocycles. The van der Waals surface area contributed by atoms with Crippen LogP contribution in [0.2, 0.25) is 0 Å². The molecule has 1 aromatic carbocycles. The molecule has 2 N–H and O–H groups in total. The first-order chi connectivity index (χ1) is 8.24. The molecule has 0 atom stereocenters. The van der Waals surface area contributed by atoms with Crippen molar-refractivity contribution in [2.24, 2.45) is 0 Å². The Kier molecular flexibility index (Phi) is 5.71. The zero-order chi connectivity index (χ0) is 12.5. The Balaban J connectivity index is 2.25. The summed E-state index contributed by atoms with van der Waals surface area (Å²) in [5.41, 5.74) is 0.385. The molecule has 5 heteroatoms. The van der Waals surface area contributed by atoms with Gasteiger partial charge in [-0.1, -0.05) is 18.2 Å². The summed E-state index contributed by atoms with van der Waals surface area (Å²) in [6, 6.07) is 6.20. The Labute approximate surface area is 99.2 Å². The van der Waals surface area contributed by atoms with E-state index in [0.29, 0.717) is 31.5 Å². The second-order valence-electron chi connectivity index (χ2n) is 3.54. The highest BCUT2D eigenvalue weighted by Gasteiger charge is 2.06. The molecule has 0 aromatic heterocycles. The van der Waals surface area contributed by atoms with Crippen molar-refractivity contribution in [1.29, 1.82) is 0 Å². The fourth-order valence-corrected chi connectivity index (χ4v) is 1.35. The highest BCUT2D eigenvalue weighted by atomic mass is 19.1. The van der Waals surface area contributed by atoms with E-state index in [1.165, 1.54) is 6.07 Å². The minimum absolute atomic E-state index is 0.0355. The minimum Gasteiger partial charge on any atom is -0.359 e. The molecule has 1 aromatic rings. The Morgan fingerprint density at radius 3 is 2.76 bits per heavy atom. The maximum atomic E-state index is 13.2. The van der Waals surface area contributed by atoms with Crippen molar-refractivity contribution in [3.63, 3.8) is 0 Å². The lowest BCUT2D eigenvalue weighted by molar-refractivity contribution is -0.120. The number of rotatable bonds is 7. The molecule has 0 bridgehead atoms. The molecule has 0 unspecified atom stereocenters. The lowest BCUT2D eigenvalue weighted by atomic mass is 10.1. The highest BCUT2D eigenvalue weighted by Crippen LogP contribution is 2.06. The molecular weight excluding hydrogens is 223 g/mol. The number of hydrogen-bond donors (Lipinski definition) is 2. The SMILES string of the molecule is O=CNCCCNC(=O)Cc1ccccc1F. The van der Waals surface area contributed by atoms with Crippen LogP contribution in [-0.2, 0) is 16.0 Å². The third kappa shape index (κ3) is 5.10. The molecule has 0 aliphatic heterocycles. The summed E-state index contributed by atoms with van der Waals surface area (Å²) in [4.78, 5) is 21.4. The fourth-order valence-electron chi connectivity index (χ4n) is 1.35. The third-order valence-electron chi connectivity index (χ3n) is 2.21. The molecule has 1 rings (SSSR count). The Hall–Kier alpha value is -1.91. The second kappa shape index (κ2) is 7.38. The van der Waals surface area contributed by atoms with E-state index in [4.69, 9.17) is 0 Å². The minimum atomic E-state index is -0.370. The van der Waals surface area contributed by atoms with Crippen LogP contribution >= 0.6 is 0 Å². The van der Waals surface area contributed by atoms with Gasteiger partial charge in [-0.2, -0.15) is 0 Å². The maximum Gasteiger partial charge on any atom is 0.224 e. The first-order valence-corrected chi connectivity index (χ1v) is 5.41. The standard InChI is InChI=1S/C12H15FN2O2/c13-11-5-2-1-4-10(11)8-12(17)15-7-3-6-14-9-16/h1-2,4-5,9H,3,6-8H2,(H,14,16)(H,15,17). The van der Waals surface area contributed by atoms with E-state index in [-0.39, 0.29) is 18.1 Å². The number of amides is 2. The van der Waals surface area contributed by atoms with Crippen LogP contribution in [0.1, 0.15) is 12.0 Å². The van der Waals surface area contributed by atoms with E-state index in [2.05, 4.69) is 10.6 Å². The fraction of sp³-hybridized carbons (Fsp3) is 0.333. The van der Waals surface area contributed by atoms with Crippen LogP contribution in [0.3, 0.4) is 0 Å².